The van der Waals surface area contributed by atoms with Gasteiger partial charge in [0.1, 0.15) is 5.82 Å². The maximum Gasteiger partial charge on any atom is 0.254 e. The number of hydrogen-bond acceptors (Lipinski definition) is 5. The molecule has 2 heterocycles. The summed E-state index contributed by atoms with van der Waals surface area (Å²) < 4.78 is 0. The van der Waals surface area contributed by atoms with Gasteiger partial charge < -0.3 is 10.2 Å². The predicted molar refractivity (Wildman–Crippen MR) is 106 cm³/mol. The quantitative estimate of drug-likeness (QED) is 0.458. The summed E-state index contributed by atoms with van der Waals surface area (Å²) in [5.74, 6) is 1.16. The van der Waals surface area contributed by atoms with Crippen molar-refractivity contribution in [1.29, 1.82) is 0 Å². The molecule has 1 aliphatic heterocycles. The van der Waals surface area contributed by atoms with Crippen LogP contribution in [-0.2, 0) is 4.79 Å². The Bertz CT molecular complexity index is 760. The molecule has 27 heavy (non-hydrogen) atoms. The Balaban J connectivity index is 1.74. The van der Waals surface area contributed by atoms with Crippen molar-refractivity contribution in [3.05, 3.63) is 34.4 Å². The largest absolute Gasteiger partial charge is 0.365 e. The predicted octanol–water partition coefficient (Wildman–Crippen LogP) is 2.92. The number of aromatic amines is 1. The van der Waals surface area contributed by atoms with E-state index in [0.29, 0.717) is 5.92 Å². The summed E-state index contributed by atoms with van der Waals surface area (Å²) in [5.41, 5.74) is 3.69. The fourth-order valence-corrected chi connectivity index (χ4v) is 3.66. The first-order valence-corrected chi connectivity index (χ1v) is 9.64. The number of rotatable bonds is 6. The summed E-state index contributed by atoms with van der Waals surface area (Å²) in [4.78, 5) is 19.4. The maximum absolute atomic E-state index is 13.3. The van der Waals surface area contributed by atoms with Crippen LogP contribution in [0.4, 0.5) is 0 Å². The molecule has 146 valence electrons. The van der Waals surface area contributed by atoms with Gasteiger partial charge >= 0.3 is 0 Å². The highest BCUT2D eigenvalue weighted by atomic mass is 16.2. The van der Waals surface area contributed by atoms with E-state index in [2.05, 4.69) is 39.4 Å². The summed E-state index contributed by atoms with van der Waals surface area (Å²) in [6.45, 7) is 13.3. The van der Waals surface area contributed by atoms with Crippen LogP contribution in [0.2, 0.25) is 0 Å². The van der Waals surface area contributed by atoms with Crippen LogP contribution in [-0.4, -0.2) is 51.6 Å². The Labute approximate surface area is 161 Å². The molecule has 1 amide bonds. The lowest BCUT2D eigenvalue weighted by Crippen LogP contribution is -2.39. The highest BCUT2D eigenvalue weighted by Crippen LogP contribution is 2.36. The second-order valence-corrected chi connectivity index (χ2v) is 8.16. The molecule has 1 aromatic heterocycles. The average molecular weight is 371 g/mol. The molecule has 1 aromatic rings. The molecule has 2 fully saturated rings. The Morgan fingerprint density at radius 2 is 2.00 bits per heavy atom. The molecule has 2 aliphatic rings. The highest BCUT2D eigenvalue weighted by Gasteiger charge is 2.38. The number of likely N-dealkylation sites (tertiary alicyclic amines) is 1. The summed E-state index contributed by atoms with van der Waals surface area (Å²) in [6, 6.07) is 0. The van der Waals surface area contributed by atoms with Crippen LogP contribution >= 0.6 is 0 Å². The number of hydrogen-bond donors (Lipinski definition) is 2. The van der Waals surface area contributed by atoms with Crippen LogP contribution in [0.25, 0.3) is 0 Å². The maximum atomic E-state index is 13.3. The molecule has 1 saturated carbocycles. The van der Waals surface area contributed by atoms with E-state index in [1.54, 1.807) is 0 Å². The van der Waals surface area contributed by atoms with Crippen molar-refractivity contribution in [3.63, 3.8) is 0 Å². The van der Waals surface area contributed by atoms with Gasteiger partial charge in [-0.25, -0.2) is 4.99 Å². The molecule has 2 N–H and O–H groups in total. The first kappa shape index (κ1) is 19.3. The van der Waals surface area contributed by atoms with Gasteiger partial charge in [0.05, 0.1) is 5.69 Å². The third-order valence-electron chi connectivity index (χ3n) is 5.66. The molecule has 3 rings (SSSR count). The van der Waals surface area contributed by atoms with Crippen LogP contribution in [0, 0.1) is 0 Å². The number of carbonyl (C=O) groups is 1. The minimum Gasteiger partial charge on any atom is -0.365 e. The molecule has 0 atom stereocenters. The molecular formula is C20H30N6O. The monoisotopic (exact) mass is 370 g/mol. The minimum atomic E-state index is 0.0787. The second-order valence-electron chi connectivity index (χ2n) is 8.16. The fraction of sp³-hybridized carbons (Fsp3) is 0.600. The molecule has 0 unspecified atom stereocenters. The Kier molecular flexibility index (Phi) is 5.48. The fourth-order valence-electron chi connectivity index (χ4n) is 3.66. The van der Waals surface area contributed by atoms with Gasteiger partial charge in [0, 0.05) is 41.9 Å². The van der Waals surface area contributed by atoms with E-state index in [9.17, 15) is 4.79 Å². The zero-order chi connectivity index (χ0) is 19.6. The molecule has 0 bridgehead atoms. The molecular weight excluding hydrogens is 340 g/mol. The van der Waals surface area contributed by atoms with Crippen molar-refractivity contribution < 1.29 is 4.79 Å². The van der Waals surface area contributed by atoms with Gasteiger partial charge in [-0.05, 0) is 60.1 Å². The summed E-state index contributed by atoms with van der Waals surface area (Å²) in [5, 5.41) is 14.2. The van der Waals surface area contributed by atoms with E-state index in [0.717, 1.165) is 67.0 Å². The molecule has 7 heteroatoms. The van der Waals surface area contributed by atoms with E-state index in [1.165, 1.54) is 0 Å². The average Bonchev–Trinajstić information content (AvgIpc) is 3.14. The number of piperidine rings is 1. The van der Waals surface area contributed by atoms with E-state index < -0.39 is 0 Å². The minimum absolute atomic E-state index is 0.0787. The van der Waals surface area contributed by atoms with Gasteiger partial charge in [-0.2, -0.15) is 0 Å². The lowest BCUT2D eigenvalue weighted by Gasteiger charge is -2.32. The van der Waals surface area contributed by atoms with E-state index in [4.69, 9.17) is 0 Å². The number of carbonyl (C=O) groups excluding carboxylic acids is 1. The third kappa shape index (κ3) is 4.28. The van der Waals surface area contributed by atoms with Gasteiger partial charge in [0.25, 0.3) is 5.91 Å². The van der Waals surface area contributed by atoms with Crippen LogP contribution in [0.3, 0.4) is 0 Å². The number of nitrogens with one attached hydrogen (secondary N) is 2. The standard InChI is InChI=1S/C20H30N6O/c1-13(2)17(14(3)18(21-5)23-20(4)8-9-20)19(27)26-10-6-15(7-11-26)16-12-22-25-24-16/h12,15,23H,5-11H2,1-4H3,(H,22,24,25)/b18-14-. The lowest BCUT2D eigenvalue weighted by atomic mass is 9.92. The van der Waals surface area contributed by atoms with Crippen LogP contribution in [0.1, 0.15) is 65.0 Å². The first-order chi connectivity index (χ1) is 12.8. The lowest BCUT2D eigenvalue weighted by molar-refractivity contribution is -0.128. The van der Waals surface area contributed by atoms with Crippen LogP contribution < -0.4 is 5.32 Å². The molecule has 7 nitrogen and oxygen atoms in total. The third-order valence-corrected chi connectivity index (χ3v) is 5.66. The van der Waals surface area contributed by atoms with Gasteiger partial charge in [-0.15, -0.1) is 5.10 Å². The Hall–Kier alpha value is -2.44. The first-order valence-electron chi connectivity index (χ1n) is 9.64. The van der Waals surface area contributed by atoms with Gasteiger partial charge in [0.2, 0.25) is 0 Å². The van der Waals surface area contributed by atoms with Crippen molar-refractivity contribution in [2.75, 3.05) is 13.1 Å². The van der Waals surface area contributed by atoms with Crippen molar-refractivity contribution in [3.8, 4) is 0 Å². The number of aromatic nitrogens is 3. The number of H-pyrrole nitrogens is 1. The van der Waals surface area contributed by atoms with Crippen molar-refractivity contribution >= 4 is 12.6 Å². The molecule has 0 radical (unpaired) electrons. The zero-order valence-corrected chi connectivity index (χ0v) is 16.8. The van der Waals surface area contributed by atoms with Gasteiger partial charge in [0.15, 0.2) is 0 Å². The van der Waals surface area contributed by atoms with E-state index in [1.807, 2.05) is 31.9 Å². The SMILES string of the molecule is C=N/C(NC1(C)CC1)=C(\C)C(C(=O)N1CCC(c2c[nH]nn2)CC1)=C(C)C. The van der Waals surface area contributed by atoms with Gasteiger partial charge in [-0.1, -0.05) is 10.8 Å². The number of aliphatic imine (C=N–C) groups is 1. The normalized spacial score (nSPS) is 19.9. The molecule has 0 spiro atoms. The van der Waals surface area contributed by atoms with Crippen molar-refractivity contribution in [2.24, 2.45) is 4.99 Å². The van der Waals surface area contributed by atoms with E-state index >= 15 is 0 Å². The zero-order valence-electron chi connectivity index (χ0n) is 16.8. The number of nitrogens with zero attached hydrogens (tertiary/aromatic N) is 4. The van der Waals surface area contributed by atoms with Crippen LogP contribution in [0.5, 0.6) is 0 Å². The summed E-state index contributed by atoms with van der Waals surface area (Å²) in [7, 11) is 0. The smallest absolute Gasteiger partial charge is 0.254 e. The van der Waals surface area contributed by atoms with Crippen molar-refractivity contribution in [2.45, 2.75) is 64.8 Å². The highest BCUT2D eigenvalue weighted by molar-refractivity contribution is 5.98. The Morgan fingerprint density at radius 3 is 2.48 bits per heavy atom. The molecule has 0 aromatic carbocycles. The van der Waals surface area contributed by atoms with E-state index in [-0.39, 0.29) is 11.4 Å². The molecule has 1 aliphatic carbocycles. The summed E-state index contributed by atoms with van der Waals surface area (Å²) >= 11 is 0. The topological polar surface area (TPSA) is 86.3 Å². The second kappa shape index (κ2) is 7.66. The number of amides is 1. The number of allylic oxidation sites excluding steroid dienone is 1. The van der Waals surface area contributed by atoms with Crippen molar-refractivity contribution in [1.82, 2.24) is 25.6 Å². The Morgan fingerprint density at radius 1 is 1.33 bits per heavy atom. The summed E-state index contributed by atoms with van der Waals surface area (Å²) in [6.07, 6.45) is 5.89. The molecule has 1 saturated heterocycles. The van der Waals surface area contributed by atoms with Gasteiger partial charge in [-0.3, -0.25) is 9.89 Å². The van der Waals surface area contributed by atoms with Crippen LogP contribution in [0.15, 0.2) is 33.7 Å².